The summed E-state index contributed by atoms with van der Waals surface area (Å²) in [6, 6.07) is 4.91. The predicted molar refractivity (Wildman–Crippen MR) is 55.8 cm³/mol. The zero-order valence-electron chi connectivity index (χ0n) is 9.52. The third kappa shape index (κ3) is 2.86. The lowest BCUT2D eigenvalue weighted by Crippen LogP contribution is -2.44. The van der Waals surface area contributed by atoms with Crippen molar-refractivity contribution < 1.29 is 26.7 Å². The molecule has 0 bridgehead atoms. The van der Waals surface area contributed by atoms with E-state index in [2.05, 4.69) is 0 Å². The van der Waals surface area contributed by atoms with Gasteiger partial charge in [-0.1, -0.05) is 31.5 Å². The van der Waals surface area contributed by atoms with Crippen molar-refractivity contribution in [1.29, 1.82) is 0 Å². The van der Waals surface area contributed by atoms with Crippen molar-refractivity contribution >= 4 is 5.78 Å². The Bertz CT molecular complexity index is 436. The minimum atomic E-state index is -5.87. The summed E-state index contributed by atoms with van der Waals surface area (Å²) in [4.78, 5) is 11.2. The summed E-state index contributed by atoms with van der Waals surface area (Å²) in [5.74, 6) is -7.56. The fraction of sp³-hybridized carbons (Fsp3) is 0.417. The second-order valence-electron chi connectivity index (χ2n) is 3.85. The SMILES string of the molecule is CCCc1cccc(C(=O)C(F)(F)C(F)(F)F)c1. The largest absolute Gasteiger partial charge is 0.461 e. The molecule has 0 unspecified atom stereocenters. The summed E-state index contributed by atoms with van der Waals surface area (Å²) in [7, 11) is 0. The van der Waals surface area contributed by atoms with Crippen molar-refractivity contribution in [3.63, 3.8) is 0 Å². The summed E-state index contributed by atoms with van der Waals surface area (Å²) in [5.41, 5.74) is -0.0652. The van der Waals surface area contributed by atoms with Crippen LogP contribution in [0.1, 0.15) is 29.3 Å². The fourth-order valence-corrected chi connectivity index (χ4v) is 1.47. The molecule has 0 aliphatic rings. The number of Topliss-reactive ketones (excluding diaryl/α,β-unsaturated/α-hetero) is 1. The molecule has 100 valence electrons. The van der Waals surface area contributed by atoms with Crippen molar-refractivity contribution in [3.8, 4) is 0 Å². The number of alkyl halides is 5. The van der Waals surface area contributed by atoms with Crippen LogP contribution in [0.5, 0.6) is 0 Å². The van der Waals surface area contributed by atoms with Crippen LogP contribution in [0.2, 0.25) is 0 Å². The molecule has 0 saturated heterocycles. The number of hydrogen-bond acceptors (Lipinski definition) is 1. The molecule has 0 aliphatic carbocycles. The van der Waals surface area contributed by atoms with Crippen LogP contribution in [-0.2, 0) is 6.42 Å². The van der Waals surface area contributed by atoms with Gasteiger partial charge in [0.15, 0.2) is 0 Å². The number of carbonyl (C=O) groups excluding carboxylic acids is 1. The van der Waals surface area contributed by atoms with Crippen LogP contribution >= 0.6 is 0 Å². The number of ketones is 1. The summed E-state index contributed by atoms with van der Waals surface area (Å²) >= 11 is 0. The highest BCUT2D eigenvalue weighted by molar-refractivity contribution is 6.02. The molecule has 1 aromatic rings. The highest BCUT2D eigenvalue weighted by atomic mass is 19.4. The third-order valence-electron chi connectivity index (χ3n) is 2.37. The van der Waals surface area contributed by atoms with Gasteiger partial charge in [0, 0.05) is 5.56 Å². The molecule has 0 aromatic heterocycles. The molecule has 0 saturated carbocycles. The van der Waals surface area contributed by atoms with Crippen LogP contribution < -0.4 is 0 Å². The fourth-order valence-electron chi connectivity index (χ4n) is 1.47. The monoisotopic (exact) mass is 266 g/mol. The van der Waals surface area contributed by atoms with E-state index in [0.717, 1.165) is 12.1 Å². The van der Waals surface area contributed by atoms with Gasteiger partial charge < -0.3 is 0 Å². The van der Waals surface area contributed by atoms with Crippen LogP contribution in [0, 0.1) is 0 Å². The average Bonchev–Trinajstić information content (AvgIpc) is 2.27. The molecule has 0 amide bonds. The van der Waals surface area contributed by atoms with Crippen molar-refractivity contribution in [1.82, 2.24) is 0 Å². The molecule has 0 heterocycles. The highest BCUT2D eigenvalue weighted by Gasteiger charge is 2.63. The molecule has 6 heteroatoms. The second kappa shape index (κ2) is 5.04. The summed E-state index contributed by atoms with van der Waals surface area (Å²) in [6.07, 6.45) is -4.66. The minimum absolute atomic E-state index is 0.513. The van der Waals surface area contributed by atoms with E-state index in [4.69, 9.17) is 0 Å². The first kappa shape index (κ1) is 14.6. The van der Waals surface area contributed by atoms with Gasteiger partial charge in [-0.2, -0.15) is 22.0 Å². The van der Waals surface area contributed by atoms with Crippen LogP contribution in [0.15, 0.2) is 24.3 Å². The molecule has 0 spiro atoms. The molecule has 0 fully saturated rings. The number of benzene rings is 1. The van der Waals surface area contributed by atoms with Gasteiger partial charge in [0.25, 0.3) is 0 Å². The summed E-state index contributed by atoms with van der Waals surface area (Å²) in [5, 5.41) is 0. The van der Waals surface area contributed by atoms with Gasteiger partial charge in [-0.05, 0) is 18.1 Å². The molecule has 0 radical (unpaired) electrons. The molecule has 1 aromatic carbocycles. The Kier molecular flexibility index (Phi) is 4.09. The van der Waals surface area contributed by atoms with E-state index in [-0.39, 0.29) is 0 Å². The number of rotatable bonds is 4. The molecule has 0 atom stereocenters. The zero-order chi connectivity index (χ0) is 14.0. The molecular weight excluding hydrogens is 255 g/mol. The van der Waals surface area contributed by atoms with Gasteiger partial charge in [-0.25, -0.2) is 0 Å². The molecule has 1 rings (SSSR count). The Morgan fingerprint density at radius 1 is 1.17 bits per heavy atom. The maximum Gasteiger partial charge on any atom is 0.461 e. The first-order valence-corrected chi connectivity index (χ1v) is 5.28. The average molecular weight is 266 g/mol. The van der Waals surface area contributed by atoms with E-state index in [1.165, 1.54) is 6.07 Å². The quantitative estimate of drug-likeness (QED) is 0.594. The van der Waals surface area contributed by atoms with Gasteiger partial charge in [-0.15, -0.1) is 0 Å². The molecule has 18 heavy (non-hydrogen) atoms. The van der Waals surface area contributed by atoms with Crippen molar-refractivity contribution in [3.05, 3.63) is 35.4 Å². The van der Waals surface area contributed by atoms with E-state index >= 15 is 0 Å². The molecular formula is C12H11F5O. The lowest BCUT2D eigenvalue weighted by Gasteiger charge is -2.18. The smallest absolute Gasteiger partial charge is 0.287 e. The zero-order valence-corrected chi connectivity index (χ0v) is 9.52. The Morgan fingerprint density at radius 2 is 1.78 bits per heavy atom. The molecule has 0 N–H and O–H groups in total. The summed E-state index contributed by atoms with van der Waals surface area (Å²) in [6.45, 7) is 1.83. The number of carbonyl (C=O) groups is 1. The third-order valence-corrected chi connectivity index (χ3v) is 2.37. The van der Waals surface area contributed by atoms with Crippen LogP contribution in [0.4, 0.5) is 22.0 Å². The highest BCUT2D eigenvalue weighted by Crippen LogP contribution is 2.38. The number of aryl methyl sites for hydroxylation is 1. The number of hydrogen-bond donors (Lipinski definition) is 0. The van der Waals surface area contributed by atoms with Gasteiger partial charge in [0.05, 0.1) is 0 Å². The second-order valence-corrected chi connectivity index (χ2v) is 3.85. The van der Waals surface area contributed by atoms with Gasteiger partial charge in [0.2, 0.25) is 5.78 Å². The normalized spacial score (nSPS) is 12.6. The van der Waals surface area contributed by atoms with E-state index < -0.39 is 23.4 Å². The lowest BCUT2D eigenvalue weighted by atomic mass is 10.0. The van der Waals surface area contributed by atoms with Crippen molar-refractivity contribution in [2.75, 3.05) is 0 Å². The van der Waals surface area contributed by atoms with Gasteiger partial charge in [0.1, 0.15) is 0 Å². The Labute approximate surface area is 101 Å². The summed E-state index contributed by atoms with van der Waals surface area (Å²) < 4.78 is 61.8. The Balaban J connectivity index is 3.08. The van der Waals surface area contributed by atoms with Crippen molar-refractivity contribution in [2.24, 2.45) is 0 Å². The lowest BCUT2D eigenvalue weighted by molar-refractivity contribution is -0.255. The van der Waals surface area contributed by atoms with E-state index in [9.17, 15) is 26.7 Å². The predicted octanol–water partition coefficient (Wildman–Crippen LogP) is 4.02. The van der Waals surface area contributed by atoms with Crippen LogP contribution in [-0.4, -0.2) is 17.9 Å². The molecule has 0 aliphatic heterocycles. The standard InChI is InChI=1S/C12H11F5O/c1-2-4-8-5-3-6-9(7-8)10(18)11(13,14)12(15,16)17/h3,5-7H,2,4H2,1H3. The Morgan fingerprint density at radius 3 is 2.28 bits per heavy atom. The van der Waals surface area contributed by atoms with Crippen LogP contribution in [0.25, 0.3) is 0 Å². The van der Waals surface area contributed by atoms with Gasteiger partial charge >= 0.3 is 12.1 Å². The first-order valence-electron chi connectivity index (χ1n) is 5.28. The minimum Gasteiger partial charge on any atom is -0.287 e. The maximum atomic E-state index is 12.9. The topological polar surface area (TPSA) is 17.1 Å². The van der Waals surface area contributed by atoms with Crippen LogP contribution in [0.3, 0.4) is 0 Å². The Hall–Kier alpha value is -1.46. The maximum absolute atomic E-state index is 12.9. The first-order chi connectivity index (χ1) is 8.20. The number of halogens is 5. The van der Waals surface area contributed by atoms with Gasteiger partial charge in [-0.3, -0.25) is 4.79 Å². The van der Waals surface area contributed by atoms with E-state index in [0.29, 0.717) is 18.4 Å². The van der Waals surface area contributed by atoms with E-state index in [1.807, 2.05) is 6.92 Å². The van der Waals surface area contributed by atoms with Crippen molar-refractivity contribution in [2.45, 2.75) is 31.9 Å². The molecule has 1 nitrogen and oxygen atoms in total. The van der Waals surface area contributed by atoms with E-state index in [1.54, 1.807) is 6.07 Å².